The van der Waals surface area contributed by atoms with Gasteiger partial charge in [0.1, 0.15) is 17.4 Å². The van der Waals surface area contributed by atoms with Gasteiger partial charge in [0.25, 0.3) is 0 Å². The van der Waals surface area contributed by atoms with Crippen LogP contribution in [-0.4, -0.2) is 52.1 Å². The number of hydrogen-bond donors (Lipinski definition) is 1. The van der Waals surface area contributed by atoms with Crippen LogP contribution < -0.4 is 5.32 Å². The molecule has 10 heteroatoms. The number of nitrogens with zero attached hydrogens (tertiary/aromatic N) is 3. The van der Waals surface area contributed by atoms with Crippen molar-refractivity contribution in [1.82, 2.24) is 9.88 Å². The van der Waals surface area contributed by atoms with E-state index in [0.29, 0.717) is 27.1 Å². The van der Waals surface area contributed by atoms with Crippen LogP contribution in [0.1, 0.15) is 6.42 Å². The Bertz CT molecular complexity index is 1220. The lowest BCUT2D eigenvalue weighted by Crippen LogP contribution is -2.52. The van der Waals surface area contributed by atoms with E-state index in [9.17, 15) is 18.8 Å². The van der Waals surface area contributed by atoms with Gasteiger partial charge in [-0.3, -0.25) is 4.79 Å². The molecule has 1 aliphatic heterocycles. The molecule has 4 amide bonds. The standard InChI is InChI=1S/C21H16ClFN4O3S/c1-26-16-5-3-4-11(18(16)19(29)27(2)21(26)30)8-17(28)25-20-24-15(10-31-20)13-9-12(22)6-7-14(13)23/h3-7,9-10,18H,8H2,1-2H3/p+1. The smallest absolute Gasteiger partial charge is 0.302 e. The van der Waals surface area contributed by atoms with Crippen LogP contribution in [0.3, 0.4) is 0 Å². The third-order valence-corrected chi connectivity index (χ3v) is 6.09. The van der Waals surface area contributed by atoms with Gasteiger partial charge in [0.2, 0.25) is 5.91 Å². The summed E-state index contributed by atoms with van der Waals surface area (Å²) >= 11 is 7.09. The van der Waals surface area contributed by atoms with E-state index >= 15 is 0 Å². The lowest BCUT2D eigenvalue weighted by Gasteiger charge is -2.27. The number of hydrogen-bond acceptors (Lipinski definition) is 5. The first kappa shape index (κ1) is 21.1. The van der Waals surface area contributed by atoms with Crippen LogP contribution >= 0.6 is 22.9 Å². The summed E-state index contributed by atoms with van der Waals surface area (Å²) in [6.07, 6.45) is 5.06. The minimum absolute atomic E-state index is 0.0550. The summed E-state index contributed by atoms with van der Waals surface area (Å²) < 4.78 is 15.5. The van der Waals surface area contributed by atoms with Gasteiger partial charge in [0.05, 0.1) is 19.8 Å². The van der Waals surface area contributed by atoms with Gasteiger partial charge in [-0.25, -0.2) is 14.2 Å². The van der Waals surface area contributed by atoms with Crippen LogP contribution in [-0.2, 0) is 9.59 Å². The molecule has 0 spiro atoms. The maximum atomic E-state index is 14.1. The molecule has 1 aliphatic carbocycles. The van der Waals surface area contributed by atoms with Crippen LogP contribution in [0.4, 0.5) is 14.3 Å². The Balaban J connectivity index is 1.51. The van der Waals surface area contributed by atoms with Gasteiger partial charge < -0.3 is 5.32 Å². The van der Waals surface area contributed by atoms with E-state index in [0.717, 1.165) is 16.2 Å². The first-order valence-corrected chi connectivity index (χ1v) is 10.5. The van der Waals surface area contributed by atoms with Gasteiger partial charge in [0.15, 0.2) is 5.13 Å². The number of nitrogens with one attached hydrogen (secondary N) is 1. The number of thiazole rings is 1. The van der Waals surface area contributed by atoms with E-state index in [4.69, 9.17) is 11.6 Å². The summed E-state index contributed by atoms with van der Waals surface area (Å²) in [5.41, 5.74) is 1.71. The normalized spacial score (nSPS) is 18.3. The molecule has 0 bridgehead atoms. The zero-order chi connectivity index (χ0) is 22.3. The molecular weight excluding hydrogens is 443 g/mol. The molecule has 158 valence electrons. The Kier molecular flexibility index (Phi) is 5.55. The highest BCUT2D eigenvalue weighted by atomic mass is 35.5. The number of urea groups is 1. The molecule has 1 atom stereocenters. The summed E-state index contributed by atoms with van der Waals surface area (Å²) in [6.45, 7) is 0. The van der Waals surface area contributed by atoms with Crippen LogP contribution in [0.2, 0.25) is 5.02 Å². The zero-order valence-corrected chi connectivity index (χ0v) is 18.1. The highest BCUT2D eigenvalue weighted by Gasteiger charge is 2.46. The average molecular weight is 460 g/mol. The third kappa shape index (κ3) is 3.94. The van der Waals surface area contributed by atoms with Crippen molar-refractivity contribution in [1.29, 1.82) is 0 Å². The maximum absolute atomic E-state index is 14.1. The van der Waals surface area contributed by atoms with Crippen molar-refractivity contribution in [3.05, 3.63) is 58.2 Å². The second kappa shape index (κ2) is 8.16. The molecule has 1 aromatic heterocycles. The molecule has 2 aliphatic rings. The number of allylic oxidation sites excluding steroid dienone is 3. The highest BCUT2D eigenvalue weighted by molar-refractivity contribution is 7.14. The molecule has 0 fully saturated rings. The number of amides is 4. The van der Waals surface area contributed by atoms with Crippen molar-refractivity contribution < 1.29 is 23.3 Å². The first-order valence-electron chi connectivity index (χ1n) is 9.26. The number of carbonyl (C=O) groups excluding carboxylic acids is 3. The van der Waals surface area contributed by atoms with E-state index in [1.807, 2.05) is 0 Å². The topological polar surface area (TPSA) is 82.4 Å². The molecule has 1 N–H and O–H groups in total. The first-order chi connectivity index (χ1) is 14.8. The minimum Gasteiger partial charge on any atom is -0.302 e. The predicted octanol–water partition coefficient (Wildman–Crippen LogP) is 3.72. The minimum atomic E-state index is -0.698. The molecule has 1 unspecified atom stereocenters. The second-order valence-electron chi connectivity index (χ2n) is 7.08. The second-order valence-corrected chi connectivity index (χ2v) is 8.38. The molecule has 1 aromatic carbocycles. The Morgan fingerprint density at radius 1 is 1.39 bits per heavy atom. The van der Waals surface area contributed by atoms with Crippen molar-refractivity contribution in [2.45, 2.75) is 6.42 Å². The van der Waals surface area contributed by atoms with Crippen molar-refractivity contribution in [3.8, 4) is 11.3 Å². The molecule has 0 saturated carbocycles. The molecule has 0 saturated heterocycles. The Morgan fingerprint density at radius 2 is 2.16 bits per heavy atom. The molecule has 2 aromatic rings. The number of rotatable bonds is 4. The Hall–Kier alpha value is -3.17. The SMILES string of the molecule is CN1C(=O)C2C(CC(=O)Nc3nc(-c4cc(Cl)ccc4F)cs3)=CC=CC2=[N+](C)C1=O. The lowest BCUT2D eigenvalue weighted by molar-refractivity contribution is -0.405. The Labute approximate surface area is 186 Å². The number of anilines is 1. The van der Waals surface area contributed by atoms with E-state index < -0.39 is 17.8 Å². The number of carbonyl (C=O) groups is 3. The van der Waals surface area contributed by atoms with E-state index in [1.165, 1.54) is 29.8 Å². The zero-order valence-electron chi connectivity index (χ0n) is 16.6. The van der Waals surface area contributed by atoms with Gasteiger partial charge >= 0.3 is 11.9 Å². The molecule has 7 nitrogen and oxygen atoms in total. The van der Waals surface area contributed by atoms with Gasteiger partial charge in [-0.15, -0.1) is 11.3 Å². The largest absolute Gasteiger partial charge is 0.500 e. The quantitative estimate of drug-likeness (QED) is 0.706. The number of fused-ring (bicyclic) bond motifs is 1. The molecule has 2 heterocycles. The fourth-order valence-electron chi connectivity index (χ4n) is 3.53. The van der Waals surface area contributed by atoms with Crippen LogP contribution in [0.5, 0.6) is 0 Å². The number of imide groups is 1. The third-order valence-electron chi connectivity index (χ3n) is 5.10. The number of aromatic nitrogens is 1. The summed E-state index contributed by atoms with van der Waals surface area (Å²) in [5, 5.41) is 4.99. The molecule has 31 heavy (non-hydrogen) atoms. The average Bonchev–Trinajstić information content (AvgIpc) is 3.20. The number of halogens is 2. The van der Waals surface area contributed by atoms with E-state index in [2.05, 4.69) is 10.3 Å². The fourth-order valence-corrected chi connectivity index (χ4v) is 4.42. The van der Waals surface area contributed by atoms with Crippen molar-refractivity contribution in [2.75, 3.05) is 19.4 Å². The van der Waals surface area contributed by atoms with Crippen LogP contribution in [0, 0.1) is 11.7 Å². The van der Waals surface area contributed by atoms with Gasteiger partial charge in [-0.05, 0) is 29.8 Å². The maximum Gasteiger partial charge on any atom is 0.500 e. The number of benzene rings is 1. The van der Waals surface area contributed by atoms with Gasteiger partial charge in [0, 0.05) is 22.4 Å². The van der Waals surface area contributed by atoms with E-state index in [-0.39, 0.29) is 23.8 Å². The fraction of sp³-hybridized carbons (Fsp3) is 0.190. The van der Waals surface area contributed by atoms with Crippen LogP contribution in [0.15, 0.2) is 47.4 Å². The van der Waals surface area contributed by atoms with E-state index in [1.54, 1.807) is 30.7 Å². The summed E-state index contributed by atoms with van der Waals surface area (Å²) in [5.74, 6) is -1.91. The predicted molar refractivity (Wildman–Crippen MR) is 116 cm³/mol. The monoisotopic (exact) mass is 459 g/mol. The van der Waals surface area contributed by atoms with Crippen molar-refractivity contribution >= 4 is 51.6 Å². The summed E-state index contributed by atoms with van der Waals surface area (Å²) in [6, 6.07) is 3.75. The van der Waals surface area contributed by atoms with Crippen molar-refractivity contribution in [2.24, 2.45) is 5.92 Å². The molecular formula is C21H17ClFN4O3S+. The summed E-state index contributed by atoms with van der Waals surface area (Å²) in [7, 11) is 3.01. The highest BCUT2D eigenvalue weighted by Crippen LogP contribution is 2.30. The van der Waals surface area contributed by atoms with Gasteiger partial charge in [-0.2, -0.15) is 14.3 Å². The summed E-state index contributed by atoms with van der Waals surface area (Å²) in [4.78, 5) is 42.8. The Morgan fingerprint density at radius 3 is 2.94 bits per heavy atom. The van der Waals surface area contributed by atoms with Gasteiger partial charge in [-0.1, -0.05) is 23.8 Å². The van der Waals surface area contributed by atoms with Crippen molar-refractivity contribution in [3.63, 3.8) is 0 Å². The lowest BCUT2D eigenvalue weighted by atomic mass is 9.85. The van der Waals surface area contributed by atoms with Crippen LogP contribution in [0.25, 0.3) is 11.3 Å². The molecule has 4 rings (SSSR count). The molecule has 0 radical (unpaired) electrons.